The smallest absolute Gasteiger partial charge is 0.319 e. The summed E-state index contributed by atoms with van der Waals surface area (Å²) in [6, 6.07) is 0.206. The van der Waals surface area contributed by atoms with Crippen LogP contribution in [0.2, 0.25) is 0 Å². The minimum Gasteiger partial charge on any atom is -0.468 e. The van der Waals surface area contributed by atoms with Crippen molar-refractivity contribution in [2.75, 3.05) is 13.7 Å². The van der Waals surface area contributed by atoms with Crippen LogP contribution in [0.5, 0.6) is 0 Å². The maximum Gasteiger partial charge on any atom is 0.319 e. The number of carbonyl (C=O) groups excluding carboxylic acids is 1. The van der Waals surface area contributed by atoms with Gasteiger partial charge in [0, 0.05) is 12.5 Å². The fourth-order valence-electron chi connectivity index (χ4n) is 1.33. The number of hydrogen-bond donors (Lipinski definition) is 0. The van der Waals surface area contributed by atoms with E-state index in [1.54, 1.807) is 0 Å². The first-order chi connectivity index (χ1) is 8.06. The number of ether oxygens (including phenoxy) is 1. The lowest BCUT2D eigenvalue weighted by atomic mass is 10.3. The SMILES string of the molecule is CCc1nc(CN(CC(=O)OC)C(C)C)no1. The monoisotopic (exact) mass is 241 g/mol. The van der Waals surface area contributed by atoms with E-state index in [0.717, 1.165) is 0 Å². The molecule has 0 fully saturated rings. The van der Waals surface area contributed by atoms with E-state index in [-0.39, 0.29) is 18.6 Å². The zero-order valence-electron chi connectivity index (χ0n) is 10.8. The standard InChI is InChI=1S/C11H19N3O3/c1-5-10-12-9(13-17-10)6-14(8(2)3)7-11(15)16-4/h8H,5-7H2,1-4H3. The molecule has 1 aromatic rings. The van der Waals surface area contributed by atoms with Crippen LogP contribution in [0.4, 0.5) is 0 Å². The third-order valence-corrected chi connectivity index (χ3v) is 2.45. The molecule has 0 aliphatic carbocycles. The molecule has 96 valence electrons. The van der Waals surface area contributed by atoms with E-state index in [9.17, 15) is 4.79 Å². The van der Waals surface area contributed by atoms with Gasteiger partial charge in [0.1, 0.15) is 0 Å². The predicted octanol–water partition coefficient (Wildman–Crippen LogP) is 1.02. The number of rotatable bonds is 6. The average Bonchev–Trinajstić information content (AvgIpc) is 2.75. The van der Waals surface area contributed by atoms with Crippen LogP contribution in [0.1, 0.15) is 32.5 Å². The molecule has 6 heteroatoms. The first-order valence-electron chi connectivity index (χ1n) is 5.69. The Hall–Kier alpha value is -1.43. The highest BCUT2D eigenvalue weighted by Gasteiger charge is 2.17. The molecule has 0 saturated heterocycles. The van der Waals surface area contributed by atoms with Crippen molar-refractivity contribution >= 4 is 5.97 Å². The summed E-state index contributed by atoms with van der Waals surface area (Å²) in [7, 11) is 1.38. The summed E-state index contributed by atoms with van der Waals surface area (Å²) >= 11 is 0. The summed E-state index contributed by atoms with van der Waals surface area (Å²) in [5, 5.41) is 3.86. The fraction of sp³-hybridized carbons (Fsp3) is 0.727. The molecule has 0 amide bonds. The Balaban J connectivity index is 2.63. The number of aryl methyl sites for hydroxylation is 1. The molecule has 0 unspecified atom stereocenters. The third-order valence-electron chi connectivity index (χ3n) is 2.45. The topological polar surface area (TPSA) is 68.5 Å². The van der Waals surface area contributed by atoms with Gasteiger partial charge in [-0.1, -0.05) is 12.1 Å². The first-order valence-corrected chi connectivity index (χ1v) is 5.69. The van der Waals surface area contributed by atoms with Crippen LogP contribution in [-0.4, -0.2) is 40.7 Å². The van der Waals surface area contributed by atoms with Crippen LogP contribution in [0.25, 0.3) is 0 Å². The Morgan fingerprint density at radius 2 is 2.24 bits per heavy atom. The molecular weight excluding hydrogens is 222 g/mol. The number of carbonyl (C=O) groups is 1. The van der Waals surface area contributed by atoms with Gasteiger partial charge in [-0.05, 0) is 13.8 Å². The number of methoxy groups -OCH3 is 1. The predicted molar refractivity (Wildman–Crippen MR) is 61.2 cm³/mol. The van der Waals surface area contributed by atoms with Gasteiger partial charge in [0.05, 0.1) is 20.2 Å². The molecule has 17 heavy (non-hydrogen) atoms. The van der Waals surface area contributed by atoms with Crippen LogP contribution in [0, 0.1) is 0 Å². The van der Waals surface area contributed by atoms with E-state index in [2.05, 4.69) is 14.9 Å². The summed E-state index contributed by atoms with van der Waals surface area (Å²) in [6.07, 6.45) is 0.714. The van der Waals surface area contributed by atoms with E-state index >= 15 is 0 Å². The normalized spacial score (nSPS) is 11.2. The third kappa shape index (κ3) is 4.14. The van der Waals surface area contributed by atoms with Gasteiger partial charge in [0.2, 0.25) is 5.89 Å². The van der Waals surface area contributed by atoms with Crippen molar-refractivity contribution in [3.8, 4) is 0 Å². The van der Waals surface area contributed by atoms with E-state index in [0.29, 0.717) is 24.7 Å². The average molecular weight is 241 g/mol. The van der Waals surface area contributed by atoms with E-state index in [1.807, 2.05) is 25.7 Å². The Labute approximate surface area is 101 Å². The molecule has 1 rings (SSSR count). The lowest BCUT2D eigenvalue weighted by Gasteiger charge is -2.23. The molecular formula is C11H19N3O3. The van der Waals surface area contributed by atoms with Gasteiger partial charge in [-0.2, -0.15) is 4.98 Å². The van der Waals surface area contributed by atoms with Gasteiger partial charge in [0.25, 0.3) is 0 Å². The van der Waals surface area contributed by atoms with Crippen molar-refractivity contribution < 1.29 is 14.1 Å². The van der Waals surface area contributed by atoms with Gasteiger partial charge < -0.3 is 9.26 Å². The fourth-order valence-corrected chi connectivity index (χ4v) is 1.33. The lowest BCUT2D eigenvalue weighted by Crippen LogP contribution is -2.36. The Kier molecular flexibility index (Phi) is 5.09. The first kappa shape index (κ1) is 13.6. The summed E-state index contributed by atoms with van der Waals surface area (Å²) in [5.74, 6) is 0.944. The highest BCUT2D eigenvalue weighted by atomic mass is 16.5. The second kappa shape index (κ2) is 6.34. The minimum atomic E-state index is -0.266. The summed E-state index contributed by atoms with van der Waals surface area (Å²) in [5.41, 5.74) is 0. The quantitative estimate of drug-likeness (QED) is 0.692. The molecule has 0 bridgehead atoms. The van der Waals surface area contributed by atoms with E-state index < -0.39 is 0 Å². The Bertz CT molecular complexity index is 363. The van der Waals surface area contributed by atoms with Gasteiger partial charge in [-0.3, -0.25) is 9.69 Å². The minimum absolute atomic E-state index is 0.206. The highest BCUT2D eigenvalue weighted by Crippen LogP contribution is 2.06. The van der Waals surface area contributed by atoms with Gasteiger partial charge in [-0.15, -0.1) is 0 Å². The number of nitrogens with zero attached hydrogens (tertiary/aromatic N) is 3. The van der Waals surface area contributed by atoms with Crippen LogP contribution in [0.3, 0.4) is 0 Å². The second-order valence-electron chi connectivity index (χ2n) is 4.03. The van der Waals surface area contributed by atoms with Crippen LogP contribution < -0.4 is 0 Å². The molecule has 0 aliphatic rings. The number of aromatic nitrogens is 2. The molecule has 1 heterocycles. The molecule has 0 aromatic carbocycles. The molecule has 1 aromatic heterocycles. The van der Waals surface area contributed by atoms with Crippen molar-refractivity contribution in [3.05, 3.63) is 11.7 Å². The van der Waals surface area contributed by atoms with Crippen molar-refractivity contribution in [2.24, 2.45) is 0 Å². The summed E-state index contributed by atoms with van der Waals surface area (Å²) < 4.78 is 9.67. The van der Waals surface area contributed by atoms with Crippen molar-refractivity contribution in [2.45, 2.75) is 39.8 Å². The molecule has 0 N–H and O–H groups in total. The summed E-state index contributed by atoms with van der Waals surface area (Å²) in [4.78, 5) is 17.4. The number of esters is 1. The molecule has 0 saturated carbocycles. The highest BCUT2D eigenvalue weighted by molar-refractivity contribution is 5.71. The molecule has 0 spiro atoms. The Morgan fingerprint density at radius 3 is 2.71 bits per heavy atom. The van der Waals surface area contributed by atoms with Gasteiger partial charge in [0.15, 0.2) is 5.82 Å². The Morgan fingerprint density at radius 1 is 1.53 bits per heavy atom. The zero-order chi connectivity index (χ0) is 12.8. The maximum absolute atomic E-state index is 11.3. The van der Waals surface area contributed by atoms with Gasteiger partial charge in [-0.25, -0.2) is 0 Å². The molecule has 0 radical (unpaired) electrons. The van der Waals surface area contributed by atoms with Crippen LogP contribution in [-0.2, 0) is 22.5 Å². The van der Waals surface area contributed by atoms with E-state index in [1.165, 1.54) is 7.11 Å². The zero-order valence-corrected chi connectivity index (χ0v) is 10.8. The molecule has 0 aliphatic heterocycles. The maximum atomic E-state index is 11.3. The largest absolute Gasteiger partial charge is 0.468 e. The van der Waals surface area contributed by atoms with Crippen LogP contribution >= 0.6 is 0 Å². The van der Waals surface area contributed by atoms with Gasteiger partial charge >= 0.3 is 5.97 Å². The van der Waals surface area contributed by atoms with Crippen molar-refractivity contribution in [1.82, 2.24) is 15.0 Å². The van der Waals surface area contributed by atoms with Crippen LogP contribution in [0.15, 0.2) is 4.52 Å². The van der Waals surface area contributed by atoms with E-state index in [4.69, 9.17) is 4.52 Å². The number of hydrogen-bond acceptors (Lipinski definition) is 6. The molecule has 0 atom stereocenters. The summed E-state index contributed by atoms with van der Waals surface area (Å²) in [6.45, 7) is 6.67. The molecule has 6 nitrogen and oxygen atoms in total. The van der Waals surface area contributed by atoms with Crippen molar-refractivity contribution in [1.29, 1.82) is 0 Å². The second-order valence-corrected chi connectivity index (χ2v) is 4.03. The lowest BCUT2D eigenvalue weighted by molar-refractivity contribution is -0.142. The van der Waals surface area contributed by atoms with Crippen molar-refractivity contribution in [3.63, 3.8) is 0 Å².